The molecule has 1 aromatic rings. The van der Waals surface area contributed by atoms with E-state index in [4.69, 9.17) is 0 Å². The molecule has 0 radical (unpaired) electrons. The van der Waals surface area contributed by atoms with E-state index in [0.29, 0.717) is 5.41 Å². The summed E-state index contributed by atoms with van der Waals surface area (Å²) in [6, 6.07) is 0. The highest BCUT2D eigenvalue weighted by molar-refractivity contribution is 5.32. The van der Waals surface area contributed by atoms with Gasteiger partial charge in [-0.05, 0) is 37.2 Å². The van der Waals surface area contributed by atoms with Crippen molar-refractivity contribution in [1.82, 2.24) is 9.78 Å². The van der Waals surface area contributed by atoms with Crippen LogP contribution in [-0.4, -0.2) is 9.78 Å². The third-order valence-electron chi connectivity index (χ3n) is 4.69. The summed E-state index contributed by atoms with van der Waals surface area (Å²) in [7, 11) is 2.13. The lowest BCUT2D eigenvalue weighted by atomic mass is 9.75. The Labute approximate surface area is 118 Å². The average molecular weight is 262 g/mol. The summed E-state index contributed by atoms with van der Waals surface area (Å²) < 4.78 is 2.16. The van der Waals surface area contributed by atoms with E-state index in [1.807, 2.05) is 0 Å². The number of aromatic nitrogens is 2. The monoisotopic (exact) mass is 262 g/mol. The fourth-order valence-electron chi connectivity index (χ4n) is 3.57. The fourth-order valence-corrected chi connectivity index (χ4v) is 3.57. The molecule has 2 nitrogen and oxygen atoms in total. The lowest BCUT2D eigenvalue weighted by Gasteiger charge is -2.31. The van der Waals surface area contributed by atoms with Gasteiger partial charge in [-0.25, -0.2) is 0 Å². The van der Waals surface area contributed by atoms with Crippen molar-refractivity contribution in [2.45, 2.75) is 83.5 Å². The zero-order valence-electron chi connectivity index (χ0n) is 13.2. The second-order valence-electron chi connectivity index (χ2n) is 6.61. The SMILES string of the molecule is CCCCCC(C)(CCC)c1c(C2CC2)cnn1C. The second-order valence-corrected chi connectivity index (χ2v) is 6.61. The first-order chi connectivity index (χ1) is 9.12. The van der Waals surface area contributed by atoms with E-state index < -0.39 is 0 Å². The lowest BCUT2D eigenvalue weighted by molar-refractivity contribution is 0.352. The van der Waals surface area contributed by atoms with Crippen molar-refractivity contribution in [1.29, 1.82) is 0 Å². The molecular formula is C17H30N2. The van der Waals surface area contributed by atoms with Gasteiger partial charge in [0.15, 0.2) is 0 Å². The average Bonchev–Trinajstić information content (AvgIpc) is 3.13. The third kappa shape index (κ3) is 3.21. The number of rotatable bonds is 8. The predicted octanol–water partition coefficient (Wildman–Crippen LogP) is 4.94. The van der Waals surface area contributed by atoms with Gasteiger partial charge < -0.3 is 0 Å². The first-order valence-corrected chi connectivity index (χ1v) is 8.14. The van der Waals surface area contributed by atoms with E-state index >= 15 is 0 Å². The van der Waals surface area contributed by atoms with Crippen LogP contribution in [-0.2, 0) is 12.5 Å². The quantitative estimate of drug-likeness (QED) is 0.607. The molecule has 2 heteroatoms. The smallest absolute Gasteiger partial charge is 0.0527 e. The molecule has 0 amide bonds. The van der Waals surface area contributed by atoms with E-state index in [2.05, 4.69) is 43.8 Å². The topological polar surface area (TPSA) is 17.8 Å². The van der Waals surface area contributed by atoms with Crippen molar-refractivity contribution in [2.24, 2.45) is 7.05 Å². The van der Waals surface area contributed by atoms with Gasteiger partial charge in [0.1, 0.15) is 0 Å². The Bertz CT molecular complexity index is 403. The highest BCUT2D eigenvalue weighted by Gasteiger charge is 2.36. The van der Waals surface area contributed by atoms with E-state index in [1.165, 1.54) is 57.1 Å². The van der Waals surface area contributed by atoms with Gasteiger partial charge in [-0.2, -0.15) is 5.10 Å². The zero-order chi connectivity index (χ0) is 13.9. The van der Waals surface area contributed by atoms with E-state index in [-0.39, 0.29) is 0 Å². The van der Waals surface area contributed by atoms with E-state index in [0.717, 1.165) is 5.92 Å². The minimum Gasteiger partial charge on any atom is -0.272 e. The molecule has 0 aromatic carbocycles. The number of nitrogens with zero attached hydrogens (tertiary/aromatic N) is 2. The van der Waals surface area contributed by atoms with Crippen molar-refractivity contribution in [3.8, 4) is 0 Å². The molecule has 1 aromatic heterocycles. The van der Waals surface area contributed by atoms with Crippen molar-refractivity contribution in [3.05, 3.63) is 17.5 Å². The first-order valence-electron chi connectivity index (χ1n) is 8.14. The van der Waals surface area contributed by atoms with Crippen LogP contribution in [0.4, 0.5) is 0 Å². The van der Waals surface area contributed by atoms with E-state index in [1.54, 1.807) is 5.56 Å². The molecule has 1 heterocycles. The molecule has 0 aliphatic heterocycles. The Hall–Kier alpha value is -0.790. The summed E-state index contributed by atoms with van der Waals surface area (Å²) in [5.41, 5.74) is 3.41. The molecule has 0 bridgehead atoms. The van der Waals surface area contributed by atoms with Crippen molar-refractivity contribution in [3.63, 3.8) is 0 Å². The maximum atomic E-state index is 4.57. The minimum absolute atomic E-state index is 0.326. The van der Waals surface area contributed by atoms with Crippen LogP contribution in [0.2, 0.25) is 0 Å². The molecule has 1 unspecified atom stereocenters. The standard InChI is InChI=1S/C17H30N2/c1-5-7-8-12-17(3,11-6-2)16-15(14-9-10-14)13-18-19(16)4/h13-14H,5-12H2,1-4H3. The summed E-state index contributed by atoms with van der Waals surface area (Å²) in [5.74, 6) is 0.811. The highest BCUT2D eigenvalue weighted by atomic mass is 15.3. The third-order valence-corrected chi connectivity index (χ3v) is 4.69. The van der Waals surface area contributed by atoms with Crippen LogP contribution in [0.3, 0.4) is 0 Å². The Kier molecular flexibility index (Phi) is 4.70. The van der Waals surface area contributed by atoms with Crippen LogP contribution >= 0.6 is 0 Å². The number of unbranched alkanes of at least 4 members (excludes halogenated alkanes) is 2. The second kappa shape index (κ2) is 6.11. The first kappa shape index (κ1) is 14.6. The van der Waals surface area contributed by atoms with Crippen LogP contribution in [0, 0.1) is 0 Å². The molecule has 0 saturated heterocycles. The van der Waals surface area contributed by atoms with Crippen LogP contribution in [0.15, 0.2) is 6.20 Å². The summed E-state index contributed by atoms with van der Waals surface area (Å²) >= 11 is 0. The van der Waals surface area contributed by atoms with Gasteiger partial charge in [-0.3, -0.25) is 4.68 Å². The number of hydrogen-bond donors (Lipinski definition) is 0. The highest BCUT2D eigenvalue weighted by Crippen LogP contribution is 2.46. The summed E-state index contributed by atoms with van der Waals surface area (Å²) in [4.78, 5) is 0. The molecular weight excluding hydrogens is 232 g/mol. The van der Waals surface area contributed by atoms with E-state index in [9.17, 15) is 0 Å². The minimum atomic E-state index is 0.326. The van der Waals surface area contributed by atoms with Gasteiger partial charge in [0.2, 0.25) is 0 Å². The van der Waals surface area contributed by atoms with Crippen LogP contribution < -0.4 is 0 Å². The lowest BCUT2D eigenvalue weighted by Crippen LogP contribution is -2.26. The molecule has 0 spiro atoms. The summed E-state index contributed by atoms with van der Waals surface area (Å²) in [6.07, 6.45) is 12.8. The fraction of sp³-hybridized carbons (Fsp3) is 0.824. The molecule has 1 fully saturated rings. The van der Waals surface area contributed by atoms with Gasteiger partial charge in [0, 0.05) is 18.2 Å². The number of hydrogen-bond acceptors (Lipinski definition) is 1. The molecule has 19 heavy (non-hydrogen) atoms. The van der Waals surface area contributed by atoms with Gasteiger partial charge in [-0.15, -0.1) is 0 Å². The van der Waals surface area contributed by atoms with Crippen molar-refractivity contribution >= 4 is 0 Å². The number of aryl methyl sites for hydroxylation is 1. The van der Waals surface area contributed by atoms with Crippen LogP contribution in [0.1, 0.15) is 89.3 Å². The van der Waals surface area contributed by atoms with Crippen molar-refractivity contribution < 1.29 is 0 Å². The molecule has 2 rings (SSSR count). The van der Waals surface area contributed by atoms with Gasteiger partial charge >= 0.3 is 0 Å². The maximum Gasteiger partial charge on any atom is 0.0527 e. The summed E-state index contributed by atoms with van der Waals surface area (Å²) in [5, 5.41) is 4.57. The largest absolute Gasteiger partial charge is 0.272 e. The molecule has 0 N–H and O–H groups in total. The van der Waals surface area contributed by atoms with Crippen molar-refractivity contribution in [2.75, 3.05) is 0 Å². The zero-order valence-corrected chi connectivity index (χ0v) is 13.2. The van der Waals surface area contributed by atoms with Crippen LogP contribution in [0.25, 0.3) is 0 Å². The van der Waals surface area contributed by atoms with Gasteiger partial charge in [0.25, 0.3) is 0 Å². The van der Waals surface area contributed by atoms with Gasteiger partial charge in [-0.1, -0.05) is 46.5 Å². The molecule has 1 saturated carbocycles. The molecule has 1 aliphatic carbocycles. The van der Waals surface area contributed by atoms with Crippen LogP contribution in [0.5, 0.6) is 0 Å². The Morgan fingerprint density at radius 2 is 1.95 bits per heavy atom. The molecule has 1 aliphatic rings. The Balaban J connectivity index is 2.23. The summed E-state index contributed by atoms with van der Waals surface area (Å²) in [6.45, 7) is 7.07. The Morgan fingerprint density at radius 3 is 2.53 bits per heavy atom. The Morgan fingerprint density at radius 1 is 1.21 bits per heavy atom. The maximum absolute atomic E-state index is 4.57. The predicted molar refractivity (Wildman–Crippen MR) is 81.6 cm³/mol. The normalized spacial score (nSPS) is 18.5. The molecule has 1 atom stereocenters. The molecule has 108 valence electrons. The van der Waals surface area contributed by atoms with Gasteiger partial charge in [0.05, 0.1) is 6.20 Å².